The van der Waals surface area contributed by atoms with Gasteiger partial charge in [0.2, 0.25) is 0 Å². The van der Waals surface area contributed by atoms with Crippen molar-refractivity contribution in [2.24, 2.45) is 5.92 Å². The Labute approximate surface area is 149 Å². The maximum absolute atomic E-state index is 12.3. The van der Waals surface area contributed by atoms with Crippen molar-refractivity contribution in [1.29, 1.82) is 0 Å². The van der Waals surface area contributed by atoms with Crippen LogP contribution in [0.5, 0.6) is 0 Å². The van der Waals surface area contributed by atoms with Gasteiger partial charge in [0, 0.05) is 28.2 Å². The van der Waals surface area contributed by atoms with Gasteiger partial charge in [0.1, 0.15) is 23.9 Å². The van der Waals surface area contributed by atoms with E-state index in [4.69, 9.17) is 0 Å². The Bertz CT molecular complexity index is 890. The molecule has 124 valence electrons. The summed E-state index contributed by atoms with van der Waals surface area (Å²) < 4.78 is 2.42. The predicted octanol–water partition coefficient (Wildman–Crippen LogP) is 2.92. The minimum absolute atomic E-state index is 0.0505. The average molecular weight is 387 g/mol. The largest absolute Gasteiger partial charge is 0.335 e. The lowest BCUT2D eigenvalue weighted by atomic mass is 9.96. The Balaban J connectivity index is 1.84. The molecule has 0 saturated heterocycles. The van der Waals surface area contributed by atoms with E-state index in [2.05, 4.69) is 64.3 Å². The van der Waals surface area contributed by atoms with E-state index in [1.165, 1.54) is 5.56 Å². The number of nitrogens with two attached hydrogens (primary N) is 1. The second-order valence-electron chi connectivity index (χ2n) is 6.28. The molecular formula is C19H21BrN3O+. The van der Waals surface area contributed by atoms with Gasteiger partial charge >= 0.3 is 0 Å². The number of hydrogen-bond donors (Lipinski definition) is 1. The third-order valence-electron chi connectivity index (χ3n) is 4.16. The SMILES string of the molecule is CC(C)[C@H]([NH2+]Cc1cc(=O)n2cc(Br)ccc2n1)c1ccccc1. The first-order valence-corrected chi connectivity index (χ1v) is 8.90. The average Bonchev–Trinajstić information content (AvgIpc) is 2.56. The summed E-state index contributed by atoms with van der Waals surface area (Å²) in [6.45, 7) is 5.11. The molecule has 2 heterocycles. The van der Waals surface area contributed by atoms with Gasteiger partial charge in [-0.15, -0.1) is 0 Å². The van der Waals surface area contributed by atoms with E-state index >= 15 is 0 Å². The van der Waals surface area contributed by atoms with E-state index in [-0.39, 0.29) is 5.56 Å². The molecule has 0 unspecified atom stereocenters. The Hall–Kier alpha value is -1.98. The summed E-state index contributed by atoms with van der Waals surface area (Å²) in [5.41, 5.74) is 2.73. The molecule has 1 atom stereocenters. The fraction of sp³-hybridized carbons (Fsp3) is 0.263. The van der Waals surface area contributed by atoms with Gasteiger partial charge in [-0.3, -0.25) is 9.20 Å². The van der Waals surface area contributed by atoms with Gasteiger partial charge in [-0.1, -0.05) is 44.2 Å². The van der Waals surface area contributed by atoms with E-state index in [0.717, 1.165) is 10.2 Å². The smallest absolute Gasteiger partial charge is 0.258 e. The van der Waals surface area contributed by atoms with Crippen LogP contribution < -0.4 is 10.9 Å². The quantitative estimate of drug-likeness (QED) is 0.732. The van der Waals surface area contributed by atoms with Crippen molar-refractivity contribution in [2.45, 2.75) is 26.4 Å². The Morgan fingerprint density at radius 1 is 1.17 bits per heavy atom. The summed E-state index contributed by atoms with van der Waals surface area (Å²) in [5, 5.41) is 2.26. The number of nitrogens with zero attached hydrogens (tertiary/aromatic N) is 2. The second kappa shape index (κ2) is 7.28. The molecule has 3 aromatic rings. The van der Waals surface area contributed by atoms with Crippen LogP contribution in [0.2, 0.25) is 0 Å². The van der Waals surface area contributed by atoms with Gasteiger partial charge in [-0.05, 0) is 28.1 Å². The monoisotopic (exact) mass is 386 g/mol. The van der Waals surface area contributed by atoms with E-state index in [1.807, 2.05) is 18.2 Å². The van der Waals surface area contributed by atoms with E-state index < -0.39 is 0 Å². The third kappa shape index (κ3) is 3.74. The lowest BCUT2D eigenvalue weighted by Gasteiger charge is -2.19. The van der Waals surface area contributed by atoms with E-state index in [1.54, 1.807) is 16.7 Å². The Morgan fingerprint density at radius 3 is 2.62 bits per heavy atom. The van der Waals surface area contributed by atoms with Crippen molar-refractivity contribution in [3.8, 4) is 0 Å². The van der Waals surface area contributed by atoms with Gasteiger partial charge in [0.05, 0.1) is 0 Å². The lowest BCUT2D eigenvalue weighted by Crippen LogP contribution is -2.84. The molecular weight excluding hydrogens is 366 g/mol. The zero-order chi connectivity index (χ0) is 17.1. The van der Waals surface area contributed by atoms with Gasteiger partial charge in [-0.25, -0.2) is 4.98 Å². The minimum atomic E-state index is -0.0505. The topological polar surface area (TPSA) is 51.0 Å². The Morgan fingerprint density at radius 2 is 1.92 bits per heavy atom. The number of fused-ring (bicyclic) bond motifs is 1. The van der Waals surface area contributed by atoms with Crippen LogP contribution in [0.25, 0.3) is 5.65 Å². The third-order valence-corrected chi connectivity index (χ3v) is 4.63. The number of quaternary nitrogens is 1. The highest BCUT2D eigenvalue weighted by Crippen LogP contribution is 2.17. The fourth-order valence-corrected chi connectivity index (χ4v) is 3.28. The van der Waals surface area contributed by atoms with Gasteiger partial charge in [-0.2, -0.15) is 0 Å². The predicted molar refractivity (Wildman–Crippen MR) is 98.8 cm³/mol. The van der Waals surface area contributed by atoms with Crippen molar-refractivity contribution in [1.82, 2.24) is 9.38 Å². The molecule has 0 saturated carbocycles. The first-order chi connectivity index (χ1) is 11.5. The summed E-state index contributed by atoms with van der Waals surface area (Å²) in [6, 6.07) is 16.2. The molecule has 5 heteroatoms. The molecule has 0 aliphatic rings. The standard InChI is InChI=1S/C19H20BrN3O/c1-13(2)19(14-6-4-3-5-7-14)21-11-16-10-18(24)23-12-15(20)8-9-17(23)22-16/h3-10,12-13,19,21H,11H2,1-2H3/p+1/t19-/m0/s1. The summed E-state index contributed by atoms with van der Waals surface area (Å²) in [7, 11) is 0. The number of hydrogen-bond acceptors (Lipinski definition) is 2. The zero-order valence-corrected chi connectivity index (χ0v) is 15.4. The van der Waals surface area contributed by atoms with E-state index in [0.29, 0.717) is 24.2 Å². The van der Waals surface area contributed by atoms with Gasteiger partial charge < -0.3 is 5.32 Å². The van der Waals surface area contributed by atoms with Crippen LogP contribution in [-0.2, 0) is 6.54 Å². The highest BCUT2D eigenvalue weighted by atomic mass is 79.9. The summed E-state index contributed by atoms with van der Waals surface area (Å²) in [5.74, 6) is 0.491. The fourth-order valence-electron chi connectivity index (χ4n) is 2.95. The second-order valence-corrected chi connectivity index (χ2v) is 7.20. The molecule has 0 spiro atoms. The molecule has 4 nitrogen and oxygen atoms in total. The van der Waals surface area contributed by atoms with E-state index in [9.17, 15) is 4.79 Å². The molecule has 0 aliphatic carbocycles. The number of halogens is 1. The molecule has 0 amide bonds. The maximum atomic E-state index is 12.3. The first kappa shape index (κ1) is 16.9. The van der Waals surface area contributed by atoms with Crippen LogP contribution in [-0.4, -0.2) is 9.38 Å². The van der Waals surface area contributed by atoms with Gasteiger partial charge in [0.25, 0.3) is 5.56 Å². The number of benzene rings is 1. The Kier molecular flexibility index (Phi) is 5.11. The molecule has 0 radical (unpaired) electrons. The van der Waals surface area contributed by atoms with Crippen molar-refractivity contribution >= 4 is 21.6 Å². The normalized spacial score (nSPS) is 12.7. The van der Waals surface area contributed by atoms with Crippen molar-refractivity contribution in [3.63, 3.8) is 0 Å². The summed E-state index contributed by atoms with van der Waals surface area (Å²) in [4.78, 5) is 16.9. The molecule has 3 rings (SSSR count). The number of pyridine rings is 1. The zero-order valence-electron chi connectivity index (χ0n) is 13.8. The summed E-state index contributed by atoms with van der Waals surface area (Å²) >= 11 is 3.38. The van der Waals surface area contributed by atoms with Crippen molar-refractivity contribution in [3.05, 3.63) is 80.8 Å². The highest BCUT2D eigenvalue weighted by molar-refractivity contribution is 9.10. The number of rotatable bonds is 5. The molecule has 1 aromatic carbocycles. The van der Waals surface area contributed by atoms with Crippen LogP contribution >= 0.6 is 15.9 Å². The first-order valence-electron chi connectivity index (χ1n) is 8.10. The molecule has 0 bridgehead atoms. The molecule has 0 aliphatic heterocycles. The highest BCUT2D eigenvalue weighted by Gasteiger charge is 2.19. The molecule has 0 fully saturated rings. The van der Waals surface area contributed by atoms with Crippen LogP contribution in [0.1, 0.15) is 31.1 Å². The molecule has 2 aromatic heterocycles. The number of aromatic nitrogens is 2. The van der Waals surface area contributed by atoms with Crippen LogP contribution in [0.15, 0.2) is 64.0 Å². The lowest BCUT2D eigenvalue weighted by molar-refractivity contribution is -0.717. The van der Waals surface area contributed by atoms with Crippen LogP contribution in [0, 0.1) is 5.92 Å². The molecule has 2 N–H and O–H groups in total. The minimum Gasteiger partial charge on any atom is -0.335 e. The molecule has 24 heavy (non-hydrogen) atoms. The van der Waals surface area contributed by atoms with Crippen molar-refractivity contribution in [2.75, 3.05) is 0 Å². The van der Waals surface area contributed by atoms with Crippen molar-refractivity contribution < 1.29 is 5.32 Å². The van der Waals surface area contributed by atoms with Crippen LogP contribution in [0.4, 0.5) is 0 Å². The van der Waals surface area contributed by atoms with Gasteiger partial charge in [0.15, 0.2) is 0 Å². The summed E-state index contributed by atoms with van der Waals surface area (Å²) in [6.07, 6.45) is 1.75. The van der Waals surface area contributed by atoms with Crippen LogP contribution in [0.3, 0.4) is 0 Å². The maximum Gasteiger partial charge on any atom is 0.258 e.